The zero-order valence-corrected chi connectivity index (χ0v) is 16.2. The summed E-state index contributed by atoms with van der Waals surface area (Å²) in [6.45, 7) is 2.64. The normalized spacial score (nSPS) is 16.8. The average molecular weight is 386 g/mol. The first-order chi connectivity index (χ1) is 13.0. The third-order valence-corrected chi connectivity index (χ3v) is 6.11. The molecule has 142 valence electrons. The van der Waals surface area contributed by atoms with Gasteiger partial charge in [0.05, 0.1) is 24.4 Å². The fourth-order valence-corrected chi connectivity index (χ4v) is 4.54. The van der Waals surface area contributed by atoms with Gasteiger partial charge in [0.2, 0.25) is 0 Å². The van der Waals surface area contributed by atoms with Crippen molar-refractivity contribution in [2.75, 3.05) is 19.5 Å². The highest BCUT2D eigenvalue weighted by Gasteiger charge is 2.32. The molecule has 0 N–H and O–H groups in total. The van der Waals surface area contributed by atoms with E-state index >= 15 is 0 Å². The van der Waals surface area contributed by atoms with E-state index < -0.39 is 9.84 Å². The Morgan fingerprint density at radius 2 is 1.89 bits per heavy atom. The maximum atomic E-state index is 12.7. The van der Waals surface area contributed by atoms with Crippen molar-refractivity contribution in [3.8, 4) is 11.5 Å². The highest BCUT2D eigenvalue weighted by atomic mass is 32.2. The van der Waals surface area contributed by atoms with Gasteiger partial charge in [-0.1, -0.05) is 31.5 Å². The maximum Gasteiger partial charge on any atom is 0.191 e. The number of methoxy groups -OCH3 is 1. The molecule has 1 aliphatic heterocycles. The Labute approximate surface area is 159 Å². The summed E-state index contributed by atoms with van der Waals surface area (Å²) >= 11 is 0. The van der Waals surface area contributed by atoms with Crippen molar-refractivity contribution in [3.05, 3.63) is 59.2 Å². The lowest BCUT2D eigenvalue weighted by molar-refractivity contribution is 0.103. The molecule has 2 aromatic carbocycles. The van der Waals surface area contributed by atoms with Crippen LogP contribution in [0.4, 0.5) is 0 Å². The maximum absolute atomic E-state index is 12.7. The van der Waals surface area contributed by atoms with Crippen LogP contribution < -0.4 is 9.47 Å². The van der Waals surface area contributed by atoms with Gasteiger partial charge in [0.15, 0.2) is 27.1 Å². The van der Waals surface area contributed by atoms with E-state index in [0.717, 1.165) is 12.8 Å². The molecule has 2 aromatic rings. The second kappa shape index (κ2) is 7.96. The molecule has 27 heavy (non-hydrogen) atoms. The van der Waals surface area contributed by atoms with Crippen molar-refractivity contribution < 1.29 is 22.7 Å². The van der Waals surface area contributed by atoms with Gasteiger partial charge in [0.1, 0.15) is 0 Å². The van der Waals surface area contributed by atoms with Crippen LogP contribution in [-0.2, 0) is 9.84 Å². The third-order valence-electron chi connectivity index (χ3n) is 4.39. The number of benzene rings is 2. The number of fused-ring (bicyclic) bond motifs is 1. The number of hydrogen-bond donors (Lipinski definition) is 0. The van der Waals surface area contributed by atoms with Gasteiger partial charge in [-0.2, -0.15) is 0 Å². The molecule has 0 atom stereocenters. The summed E-state index contributed by atoms with van der Waals surface area (Å²) in [7, 11) is -1.97. The van der Waals surface area contributed by atoms with Gasteiger partial charge >= 0.3 is 0 Å². The van der Waals surface area contributed by atoms with E-state index in [1.165, 1.54) is 6.07 Å². The molecule has 0 amide bonds. The van der Waals surface area contributed by atoms with Crippen molar-refractivity contribution in [1.82, 2.24) is 0 Å². The van der Waals surface area contributed by atoms with Gasteiger partial charge in [0, 0.05) is 11.1 Å². The van der Waals surface area contributed by atoms with Crippen LogP contribution in [0.3, 0.4) is 0 Å². The molecule has 0 fully saturated rings. The van der Waals surface area contributed by atoms with E-state index in [2.05, 4.69) is 6.92 Å². The zero-order valence-electron chi connectivity index (χ0n) is 15.4. The van der Waals surface area contributed by atoms with Crippen molar-refractivity contribution in [1.29, 1.82) is 0 Å². The first-order valence-electron chi connectivity index (χ1n) is 8.84. The molecule has 0 unspecified atom stereocenters. The Morgan fingerprint density at radius 1 is 1.11 bits per heavy atom. The second-order valence-electron chi connectivity index (χ2n) is 6.37. The Morgan fingerprint density at radius 3 is 2.63 bits per heavy atom. The number of unbranched alkanes of at least 4 members (excludes halogenated alkanes) is 1. The Kier molecular flexibility index (Phi) is 5.65. The van der Waals surface area contributed by atoms with E-state index in [9.17, 15) is 13.2 Å². The number of ketones is 1. The molecule has 0 bridgehead atoms. The van der Waals surface area contributed by atoms with Crippen LogP contribution in [0.5, 0.6) is 11.5 Å². The van der Waals surface area contributed by atoms with E-state index in [4.69, 9.17) is 9.47 Å². The first-order valence-corrected chi connectivity index (χ1v) is 10.5. The number of carbonyl (C=O) groups is 1. The molecule has 0 aromatic heterocycles. The van der Waals surface area contributed by atoms with E-state index in [1.54, 1.807) is 49.6 Å². The van der Waals surface area contributed by atoms with Crippen LogP contribution >= 0.6 is 0 Å². The number of hydrogen-bond acceptors (Lipinski definition) is 5. The Hall–Kier alpha value is -2.60. The van der Waals surface area contributed by atoms with Crippen LogP contribution in [0.15, 0.2) is 52.9 Å². The lowest BCUT2D eigenvalue weighted by Crippen LogP contribution is -2.24. The minimum atomic E-state index is -3.53. The first kappa shape index (κ1) is 19.2. The van der Waals surface area contributed by atoms with Crippen LogP contribution in [0.2, 0.25) is 0 Å². The number of Topliss-reactive ketones (excluding diaryl/α,β-unsaturated/α-hetero) is 1. The molecule has 0 radical (unpaired) electrons. The summed E-state index contributed by atoms with van der Waals surface area (Å²) in [5.74, 6) is 0.610. The van der Waals surface area contributed by atoms with Gasteiger partial charge in [-0.15, -0.1) is 0 Å². The lowest BCUT2D eigenvalue weighted by Gasteiger charge is -2.18. The smallest absolute Gasteiger partial charge is 0.191 e. The monoisotopic (exact) mass is 386 g/mol. The van der Waals surface area contributed by atoms with Gasteiger partial charge in [-0.05, 0) is 42.3 Å². The minimum Gasteiger partial charge on any atom is -0.493 e. The molecular formula is C21H22O5S. The van der Waals surface area contributed by atoms with Crippen molar-refractivity contribution >= 4 is 21.7 Å². The summed E-state index contributed by atoms with van der Waals surface area (Å²) in [6, 6.07) is 11.6. The van der Waals surface area contributed by atoms with Crippen LogP contribution in [0.25, 0.3) is 6.08 Å². The predicted octanol–water partition coefficient (Wildman–Crippen LogP) is 3.93. The fourth-order valence-electron chi connectivity index (χ4n) is 2.98. The van der Waals surface area contributed by atoms with E-state index in [-0.39, 0.29) is 27.6 Å². The molecule has 6 heteroatoms. The Balaban J connectivity index is 1.97. The topological polar surface area (TPSA) is 69.7 Å². The van der Waals surface area contributed by atoms with E-state index in [0.29, 0.717) is 23.7 Å². The number of rotatable bonds is 6. The quantitative estimate of drug-likeness (QED) is 0.556. The lowest BCUT2D eigenvalue weighted by atomic mass is 10.0. The van der Waals surface area contributed by atoms with Crippen LogP contribution in [-0.4, -0.2) is 33.7 Å². The number of carbonyl (C=O) groups excluding carboxylic acids is 1. The molecule has 0 spiro atoms. The fraction of sp³-hybridized carbons (Fsp3) is 0.286. The molecule has 0 saturated carbocycles. The highest BCUT2D eigenvalue weighted by molar-refractivity contribution is 7.91. The van der Waals surface area contributed by atoms with Gasteiger partial charge in [-0.3, -0.25) is 4.79 Å². The van der Waals surface area contributed by atoms with Gasteiger partial charge in [0.25, 0.3) is 0 Å². The van der Waals surface area contributed by atoms with Gasteiger partial charge in [-0.25, -0.2) is 8.42 Å². The van der Waals surface area contributed by atoms with Crippen LogP contribution in [0, 0.1) is 0 Å². The second-order valence-corrected chi connectivity index (χ2v) is 8.32. The molecule has 3 rings (SSSR count). The zero-order chi connectivity index (χ0) is 19.4. The van der Waals surface area contributed by atoms with Gasteiger partial charge < -0.3 is 9.47 Å². The molecule has 1 heterocycles. The van der Waals surface area contributed by atoms with Crippen molar-refractivity contribution in [3.63, 3.8) is 0 Å². The SMILES string of the molecule is CCCCOc1cc(/C=C2\CS(=O)(=O)c3ccccc3C2=O)ccc1OC. The molecule has 0 saturated heterocycles. The standard InChI is InChI=1S/C21H22O5S/c1-3-4-11-26-19-13-15(9-10-18(19)25-2)12-16-14-27(23,24)20-8-6-5-7-17(20)21(16)22/h5-10,12-13H,3-4,11,14H2,1-2H3/b16-12+. The summed E-state index contributed by atoms with van der Waals surface area (Å²) in [6.07, 6.45) is 3.54. The van der Waals surface area contributed by atoms with Crippen molar-refractivity contribution in [2.45, 2.75) is 24.7 Å². The average Bonchev–Trinajstić information content (AvgIpc) is 2.66. The number of ether oxygens (including phenoxy) is 2. The largest absolute Gasteiger partial charge is 0.493 e. The van der Waals surface area contributed by atoms with E-state index in [1.807, 2.05) is 0 Å². The summed E-state index contributed by atoms with van der Waals surface area (Å²) in [5.41, 5.74) is 1.17. The summed E-state index contributed by atoms with van der Waals surface area (Å²) < 4.78 is 36.1. The highest BCUT2D eigenvalue weighted by Crippen LogP contribution is 2.32. The Bertz CT molecular complexity index is 989. The molecule has 5 nitrogen and oxygen atoms in total. The number of sulfone groups is 1. The summed E-state index contributed by atoms with van der Waals surface area (Å²) in [4.78, 5) is 12.8. The molecular weight excluding hydrogens is 364 g/mol. The van der Waals surface area contributed by atoms with Crippen LogP contribution in [0.1, 0.15) is 35.7 Å². The third kappa shape index (κ3) is 4.06. The van der Waals surface area contributed by atoms with Crippen molar-refractivity contribution in [2.24, 2.45) is 0 Å². The molecule has 0 aliphatic carbocycles. The minimum absolute atomic E-state index is 0.102. The molecule has 1 aliphatic rings. The summed E-state index contributed by atoms with van der Waals surface area (Å²) in [5, 5.41) is 0. The predicted molar refractivity (Wildman–Crippen MR) is 104 cm³/mol.